The normalized spacial score (nSPS) is 13.0. The lowest BCUT2D eigenvalue weighted by atomic mass is 9.62. The van der Waals surface area contributed by atoms with Gasteiger partial charge in [-0.15, -0.1) is 0 Å². The summed E-state index contributed by atoms with van der Waals surface area (Å²) in [6.07, 6.45) is 0. The quantitative estimate of drug-likeness (QED) is 0.163. The number of hydrogen-bond acceptors (Lipinski definition) is 1. The summed E-state index contributed by atoms with van der Waals surface area (Å²) in [6.45, 7) is 0. The minimum absolute atomic E-state index is 0.499. The number of rotatable bonds is 6. The van der Waals surface area contributed by atoms with Gasteiger partial charge in [-0.05, 0) is 139 Å². The number of nitrogens with zero attached hydrogens (tertiary/aromatic N) is 2. The van der Waals surface area contributed by atoms with Gasteiger partial charge in [0, 0.05) is 33.5 Å². The molecule has 0 atom stereocenters. The SMILES string of the molecule is c1ccc(-c2ccc(N(c3ccccc3)c3ccc(-c4cc5c6c(ccc7c6c6c(cccc6n7-c6ccccc6)C56c5ccccc5-c5ccccc56)c4)cc3)cc2)cc1. The van der Waals surface area contributed by atoms with Crippen molar-refractivity contribution in [2.75, 3.05) is 4.90 Å². The van der Waals surface area contributed by atoms with E-state index in [0.717, 1.165) is 17.1 Å². The van der Waals surface area contributed by atoms with Crippen LogP contribution in [0.2, 0.25) is 0 Å². The smallest absolute Gasteiger partial charge is 0.0726 e. The van der Waals surface area contributed by atoms with Gasteiger partial charge in [-0.2, -0.15) is 0 Å². The van der Waals surface area contributed by atoms with Crippen LogP contribution in [0.25, 0.3) is 71.6 Å². The van der Waals surface area contributed by atoms with E-state index in [4.69, 9.17) is 0 Å². The molecule has 10 aromatic carbocycles. The van der Waals surface area contributed by atoms with Gasteiger partial charge in [0.1, 0.15) is 0 Å². The van der Waals surface area contributed by atoms with Gasteiger partial charge in [0.25, 0.3) is 0 Å². The molecule has 11 aromatic rings. The van der Waals surface area contributed by atoms with Crippen molar-refractivity contribution in [3.05, 3.63) is 253 Å². The molecule has 2 heteroatoms. The van der Waals surface area contributed by atoms with E-state index in [0.29, 0.717) is 0 Å². The van der Waals surface area contributed by atoms with Crippen LogP contribution in [-0.4, -0.2) is 4.57 Å². The molecule has 0 fully saturated rings. The molecule has 0 radical (unpaired) electrons. The molecule has 1 spiro atoms. The Labute approximate surface area is 354 Å². The lowest BCUT2D eigenvalue weighted by molar-refractivity contribution is 0.783. The molecule has 2 nitrogen and oxygen atoms in total. The van der Waals surface area contributed by atoms with E-state index < -0.39 is 5.41 Å². The maximum absolute atomic E-state index is 2.52. The second kappa shape index (κ2) is 13.0. The van der Waals surface area contributed by atoms with Gasteiger partial charge < -0.3 is 9.47 Å². The van der Waals surface area contributed by atoms with E-state index in [-0.39, 0.29) is 0 Å². The van der Waals surface area contributed by atoms with E-state index in [1.165, 1.54) is 93.9 Å². The van der Waals surface area contributed by atoms with Crippen LogP contribution in [0, 0.1) is 0 Å². The first kappa shape index (κ1) is 34.0. The summed E-state index contributed by atoms with van der Waals surface area (Å²) in [7, 11) is 0. The van der Waals surface area contributed by atoms with Crippen LogP contribution in [0.4, 0.5) is 17.1 Å². The number of fused-ring (bicyclic) bond motifs is 7. The van der Waals surface area contributed by atoms with Crippen molar-refractivity contribution in [2.24, 2.45) is 0 Å². The lowest BCUT2D eigenvalue weighted by Gasteiger charge is -2.38. The summed E-state index contributed by atoms with van der Waals surface area (Å²) in [6, 6.07) is 85.1. The molecule has 0 unspecified atom stereocenters. The van der Waals surface area contributed by atoms with E-state index in [1.54, 1.807) is 0 Å². The van der Waals surface area contributed by atoms with Crippen LogP contribution < -0.4 is 4.90 Å². The summed E-state index contributed by atoms with van der Waals surface area (Å²) in [5.41, 5.74) is 19.4. The maximum atomic E-state index is 2.52. The molecule has 61 heavy (non-hydrogen) atoms. The first-order chi connectivity index (χ1) is 30.3. The highest BCUT2D eigenvalue weighted by atomic mass is 15.1. The van der Waals surface area contributed by atoms with Crippen LogP contribution in [0.3, 0.4) is 0 Å². The Morgan fingerprint density at radius 3 is 1.48 bits per heavy atom. The highest BCUT2D eigenvalue weighted by Gasteiger charge is 2.50. The third kappa shape index (κ3) is 4.79. The topological polar surface area (TPSA) is 8.17 Å². The Kier molecular flexibility index (Phi) is 7.26. The molecular weight excluding hydrogens is 737 g/mol. The van der Waals surface area contributed by atoms with Gasteiger partial charge >= 0.3 is 0 Å². The first-order valence-electron chi connectivity index (χ1n) is 21.2. The molecule has 2 aliphatic rings. The van der Waals surface area contributed by atoms with Gasteiger partial charge in [0.2, 0.25) is 0 Å². The minimum atomic E-state index is -0.499. The van der Waals surface area contributed by atoms with Crippen molar-refractivity contribution in [3.8, 4) is 39.1 Å². The summed E-state index contributed by atoms with van der Waals surface area (Å²) >= 11 is 0. The van der Waals surface area contributed by atoms with Crippen molar-refractivity contribution >= 4 is 49.6 Å². The van der Waals surface area contributed by atoms with Crippen LogP contribution in [0.15, 0.2) is 231 Å². The number of anilines is 3. The zero-order chi connectivity index (χ0) is 40.1. The highest BCUT2D eigenvalue weighted by Crippen LogP contribution is 2.62. The van der Waals surface area contributed by atoms with Crippen LogP contribution in [0.5, 0.6) is 0 Å². The molecule has 0 saturated carbocycles. The van der Waals surface area contributed by atoms with Gasteiger partial charge in [0.05, 0.1) is 16.4 Å². The maximum Gasteiger partial charge on any atom is 0.0726 e. The number of aromatic nitrogens is 1. The molecule has 1 aromatic heterocycles. The Morgan fingerprint density at radius 2 is 0.820 bits per heavy atom. The molecule has 0 saturated heterocycles. The largest absolute Gasteiger partial charge is 0.311 e. The number of para-hydroxylation sites is 2. The first-order valence-corrected chi connectivity index (χ1v) is 21.2. The standard InChI is InChI=1S/C59H38N2/c1-4-15-39(16-5-1)40-27-32-46(33-28-40)60(44-17-6-2-7-18-44)47-34-29-41(30-35-47)43-37-42-31-36-55-58-56(42)53(38-43)59(50-23-12-10-21-48(50)49-22-11-13-24-51(49)59)52-25-14-26-54(57(52)58)61(55)45-19-8-3-9-20-45/h1-38H. The fourth-order valence-electron chi connectivity index (χ4n) is 10.9. The van der Waals surface area contributed by atoms with Crippen molar-refractivity contribution in [1.29, 1.82) is 0 Å². The Hall–Kier alpha value is -7.94. The monoisotopic (exact) mass is 774 g/mol. The average molecular weight is 775 g/mol. The lowest BCUT2D eigenvalue weighted by Crippen LogP contribution is -2.30. The van der Waals surface area contributed by atoms with Gasteiger partial charge in [-0.25, -0.2) is 0 Å². The molecule has 0 bridgehead atoms. The molecular formula is C59H38N2. The van der Waals surface area contributed by atoms with Crippen molar-refractivity contribution in [1.82, 2.24) is 4.57 Å². The van der Waals surface area contributed by atoms with Crippen LogP contribution in [0.1, 0.15) is 22.3 Å². The third-order valence-corrected chi connectivity index (χ3v) is 13.4. The Morgan fingerprint density at radius 1 is 0.311 bits per heavy atom. The second-order valence-electron chi connectivity index (χ2n) is 16.4. The predicted molar refractivity (Wildman–Crippen MR) is 255 cm³/mol. The number of hydrogen-bond donors (Lipinski definition) is 0. The summed E-state index contributed by atoms with van der Waals surface area (Å²) in [4.78, 5) is 2.35. The second-order valence-corrected chi connectivity index (χ2v) is 16.4. The van der Waals surface area contributed by atoms with E-state index in [2.05, 4.69) is 240 Å². The highest BCUT2D eigenvalue weighted by molar-refractivity contribution is 6.27. The molecule has 0 amide bonds. The Balaban J connectivity index is 1.03. The van der Waals surface area contributed by atoms with E-state index in [9.17, 15) is 0 Å². The fourth-order valence-corrected chi connectivity index (χ4v) is 10.9. The van der Waals surface area contributed by atoms with Crippen molar-refractivity contribution in [2.45, 2.75) is 5.41 Å². The van der Waals surface area contributed by atoms with Gasteiger partial charge in [-0.3, -0.25) is 0 Å². The third-order valence-electron chi connectivity index (χ3n) is 13.4. The zero-order valence-corrected chi connectivity index (χ0v) is 33.3. The molecule has 284 valence electrons. The fraction of sp³-hybridized carbons (Fsp3) is 0.0169. The van der Waals surface area contributed by atoms with Crippen molar-refractivity contribution < 1.29 is 0 Å². The summed E-state index contributed by atoms with van der Waals surface area (Å²) in [5, 5.41) is 5.29. The Bertz CT molecular complexity index is 3450. The van der Waals surface area contributed by atoms with Crippen LogP contribution in [-0.2, 0) is 5.41 Å². The molecule has 2 aliphatic carbocycles. The average Bonchev–Trinajstić information content (AvgIpc) is 3.83. The van der Waals surface area contributed by atoms with E-state index in [1.807, 2.05) is 0 Å². The molecule has 0 aliphatic heterocycles. The zero-order valence-electron chi connectivity index (χ0n) is 33.3. The molecule has 1 heterocycles. The minimum Gasteiger partial charge on any atom is -0.311 e. The van der Waals surface area contributed by atoms with E-state index >= 15 is 0 Å². The van der Waals surface area contributed by atoms with Gasteiger partial charge in [0.15, 0.2) is 0 Å². The van der Waals surface area contributed by atoms with Gasteiger partial charge in [-0.1, -0.05) is 158 Å². The molecule has 13 rings (SSSR count). The molecule has 0 N–H and O–H groups in total. The predicted octanol–water partition coefficient (Wildman–Crippen LogP) is 15.4. The van der Waals surface area contributed by atoms with Crippen molar-refractivity contribution in [3.63, 3.8) is 0 Å². The summed E-state index contributed by atoms with van der Waals surface area (Å²) in [5.74, 6) is 0. The summed E-state index contributed by atoms with van der Waals surface area (Å²) < 4.78 is 2.48. The number of benzene rings is 10. The van der Waals surface area contributed by atoms with Crippen LogP contribution >= 0.6 is 0 Å².